The zero-order valence-corrected chi connectivity index (χ0v) is 11.2. The van der Waals surface area contributed by atoms with Crippen molar-refractivity contribution >= 4 is 6.29 Å². The van der Waals surface area contributed by atoms with Gasteiger partial charge in [-0.2, -0.15) is 0 Å². The van der Waals surface area contributed by atoms with Gasteiger partial charge in [0.05, 0.1) is 0 Å². The minimum atomic E-state index is 0.380. The largest absolute Gasteiger partial charge is 0.298 e. The molecule has 1 fully saturated rings. The van der Waals surface area contributed by atoms with Crippen molar-refractivity contribution < 1.29 is 4.79 Å². The maximum atomic E-state index is 11.0. The molecule has 0 spiro atoms. The number of hydrogen-bond acceptors (Lipinski definition) is 1. The monoisotopic (exact) mass is 242 g/mol. The number of carbonyl (C=O) groups excluding carboxylic acids is 1. The molecule has 3 rings (SSSR count). The zero-order valence-electron chi connectivity index (χ0n) is 11.2. The first-order chi connectivity index (χ1) is 8.80. The van der Waals surface area contributed by atoms with E-state index >= 15 is 0 Å². The molecule has 1 saturated carbocycles. The van der Waals surface area contributed by atoms with Gasteiger partial charge in [-0.3, -0.25) is 4.79 Å². The number of hydrogen-bond donors (Lipinski definition) is 0. The molecule has 2 aliphatic rings. The number of carbonyl (C=O) groups is 1. The van der Waals surface area contributed by atoms with Crippen molar-refractivity contribution in [3.63, 3.8) is 0 Å². The first-order valence-corrected chi connectivity index (χ1v) is 7.39. The molecule has 18 heavy (non-hydrogen) atoms. The molecule has 0 aliphatic heterocycles. The van der Waals surface area contributed by atoms with Crippen molar-refractivity contribution in [1.29, 1.82) is 0 Å². The summed E-state index contributed by atoms with van der Waals surface area (Å²) in [6.07, 6.45) is 10.2. The summed E-state index contributed by atoms with van der Waals surface area (Å²) in [5.41, 5.74) is 4.24. The number of fused-ring (bicyclic) bond motifs is 3. The van der Waals surface area contributed by atoms with Crippen LogP contribution in [0, 0.1) is 5.92 Å². The van der Waals surface area contributed by atoms with Gasteiger partial charge in [0.25, 0.3) is 0 Å². The summed E-state index contributed by atoms with van der Waals surface area (Å²) in [7, 11) is 0. The number of aryl methyl sites for hydroxylation is 1. The van der Waals surface area contributed by atoms with E-state index in [1.54, 1.807) is 0 Å². The van der Waals surface area contributed by atoms with E-state index in [-0.39, 0.29) is 0 Å². The van der Waals surface area contributed by atoms with E-state index in [1.807, 2.05) is 6.07 Å². The Morgan fingerprint density at radius 3 is 3.00 bits per heavy atom. The molecule has 96 valence electrons. The van der Waals surface area contributed by atoms with E-state index in [2.05, 4.69) is 19.1 Å². The summed E-state index contributed by atoms with van der Waals surface area (Å²) in [4.78, 5) is 11.0. The number of aldehydes is 1. The van der Waals surface area contributed by atoms with Gasteiger partial charge in [-0.05, 0) is 60.6 Å². The van der Waals surface area contributed by atoms with Crippen LogP contribution in [0.15, 0.2) is 18.2 Å². The lowest BCUT2D eigenvalue weighted by atomic mass is 9.56. The Morgan fingerprint density at radius 1 is 1.33 bits per heavy atom. The molecule has 1 aromatic rings. The lowest BCUT2D eigenvalue weighted by Crippen LogP contribution is -2.41. The van der Waals surface area contributed by atoms with Gasteiger partial charge in [0, 0.05) is 5.56 Å². The van der Waals surface area contributed by atoms with Crippen LogP contribution in [-0.2, 0) is 11.8 Å². The second-order valence-corrected chi connectivity index (χ2v) is 6.03. The minimum Gasteiger partial charge on any atom is -0.298 e. The smallest absolute Gasteiger partial charge is 0.150 e. The SMILES string of the molecule is CC[C@@]12CCCCC1CCc1ccc(C=O)cc12. The second kappa shape index (κ2) is 4.53. The molecule has 2 atom stereocenters. The first kappa shape index (κ1) is 12.0. The van der Waals surface area contributed by atoms with Gasteiger partial charge in [-0.1, -0.05) is 31.9 Å². The average molecular weight is 242 g/mol. The summed E-state index contributed by atoms with van der Waals surface area (Å²) in [5, 5.41) is 0. The maximum Gasteiger partial charge on any atom is 0.150 e. The molecule has 0 N–H and O–H groups in total. The van der Waals surface area contributed by atoms with E-state index in [0.717, 1.165) is 17.8 Å². The van der Waals surface area contributed by atoms with Crippen LogP contribution in [-0.4, -0.2) is 6.29 Å². The molecule has 0 aromatic heterocycles. The van der Waals surface area contributed by atoms with Gasteiger partial charge in [0.2, 0.25) is 0 Å². The summed E-state index contributed by atoms with van der Waals surface area (Å²) in [6, 6.07) is 6.36. The molecule has 0 heterocycles. The predicted octanol–water partition coefficient (Wildman–Crippen LogP) is 4.28. The number of benzene rings is 1. The Balaban J connectivity index is 2.13. The lowest BCUT2D eigenvalue weighted by Gasteiger charge is -2.48. The standard InChI is InChI=1S/C17H22O/c1-2-17-10-4-3-5-15(17)9-8-14-7-6-13(12-18)11-16(14)17/h6-7,11-12,15H,2-5,8-10H2,1H3/t15?,17-/m1/s1. The van der Waals surface area contributed by atoms with Gasteiger partial charge in [0.1, 0.15) is 6.29 Å². The van der Waals surface area contributed by atoms with Gasteiger partial charge >= 0.3 is 0 Å². The Bertz CT molecular complexity index is 463. The Hall–Kier alpha value is -1.11. The third kappa shape index (κ3) is 1.64. The average Bonchev–Trinajstić information content (AvgIpc) is 2.46. The summed E-state index contributed by atoms with van der Waals surface area (Å²) >= 11 is 0. The van der Waals surface area contributed by atoms with E-state index in [1.165, 1.54) is 56.1 Å². The molecule has 0 bridgehead atoms. The van der Waals surface area contributed by atoms with Gasteiger partial charge < -0.3 is 0 Å². The van der Waals surface area contributed by atoms with Crippen LogP contribution in [0.3, 0.4) is 0 Å². The molecule has 0 radical (unpaired) electrons. The minimum absolute atomic E-state index is 0.380. The molecule has 1 heteroatoms. The van der Waals surface area contributed by atoms with Crippen molar-refractivity contribution in [1.82, 2.24) is 0 Å². The fourth-order valence-corrected chi connectivity index (χ4v) is 4.42. The lowest BCUT2D eigenvalue weighted by molar-refractivity contribution is 0.112. The summed E-state index contributed by atoms with van der Waals surface area (Å²) < 4.78 is 0. The van der Waals surface area contributed by atoms with Crippen LogP contribution >= 0.6 is 0 Å². The highest BCUT2D eigenvalue weighted by atomic mass is 16.1. The third-order valence-corrected chi connectivity index (χ3v) is 5.41. The molecule has 1 nitrogen and oxygen atoms in total. The molecule has 2 aliphatic carbocycles. The van der Waals surface area contributed by atoms with Gasteiger partial charge in [-0.15, -0.1) is 0 Å². The molecule has 1 aromatic carbocycles. The highest BCUT2D eigenvalue weighted by molar-refractivity contribution is 5.75. The molecule has 1 unspecified atom stereocenters. The molecule has 0 amide bonds. The summed E-state index contributed by atoms with van der Waals surface area (Å²) in [6.45, 7) is 2.33. The van der Waals surface area contributed by atoms with E-state index in [4.69, 9.17) is 0 Å². The topological polar surface area (TPSA) is 17.1 Å². The quantitative estimate of drug-likeness (QED) is 0.707. The maximum absolute atomic E-state index is 11.0. The predicted molar refractivity (Wildman–Crippen MR) is 74.1 cm³/mol. The van der Waals surface area contributed by atoms with Crippen LogP contribution < -0.4 is 0 Å². The molecular formula is C17H22O. The van der Waals surface area contributed by atoms with Gasteiger partial charge in [0.15, 0.2) is 0 Å². The van der Waals surface area contributed by atoms with E-state index in [9.17, 15) is 4.79 Å². The van der Waals surface area contributed by atoms with Crippen molar-refractivity contribution in [2.45, 2.75) is 57.3 Å². The van der Waals surface area contributed by atoms with Crippen molar-refractivity contribution in [2.75, 3.05) is 0 Å². The van der Waals surface area contributed by atoms with E-state index < -0.39 is 0 Å². The van der Waals surface area contributed by atoms with Crippen LogP contribution in [0.5, 0.6) is 0 Å². The molecular weight excluding hydrogens is 220 g/mol. The van der Waals surface area contributed by atoms with Crippen molar-refractivity contribution in [2.24, 2.45) is 5.92 Å². The van der Waals surface area contributed by atoms with Crippen LogP contribution in [0.4, 0.5) is 0 Å². The highest BCUT2D eigenvalue weighted by Crippen LogP contribution is 2.52. The van der Waals surface area contributed by atoms with E-state index in [0.29, 0.717) is 5.41 Å². The highest BCUT2D eigenvalue weighted by Gasteiger charge is 2.43. The Labute approximate surface area is 110 Å². The van der Waals surface area contributed by atoms with Crippen molar-refractivity contribution in [3.05, 3.63) is 34.9 Å². The van der Waals surface area contributed by atoms with Crippen LogP contribution in [0.1, 0.15) is 66.9 Å². The molecule has 0 saturated heterocycles. The Morgan fingerprint density at radius 2 is 2.22 bits per heavy atom. The number of rotatable bonds is 2. The second-order valence-electron chi connectivity index (χ2n) is 6.03. The fourth-order valence-electron chi connectivity index (χ4n) is 4.42. The normalized spacial score (nSPS) is 30.4. The summed E-state index contributed by atoms with van der Waals surface area (Å²) in [5.74, 6) is 0.852. The fraction of sp³-hybridized carbons (Fsp3) is 0.588. The zero-order chi connectivity index (χ0) is 12.6. The van der Waals surface area contributed by atoms with Crippen molar-refractivity contribution in [3.8, 4) is 0 Å². The van der Waals surface area contributed by atoms with Gasteiger partial charge in [-0.25, -0.2) is 0 Å². The van der Waals surface area contributed by atoms with Crippen LogP contribution in [0.2, 0.25) is 0 Å². The van der Waals surface area contributed by atoms with Crippen LogP contribution in [0.25, 0.3) is 0 Å². The third-order valence-electron chi connectivity index (χ3n) is 5.41. The first-order valence-electron chi connectivity index (χ1n) is 7.39. The Kier molecular flexibility index (Phi) is 3.01.